The molecule has 1 N–H and O–H groups in total. The normalized spacial score (nSPS) is 24.1. The number of halogens is 1. The Balaban J connectivity index is 0.885. The molecule has 0 radical (unpaired) electrons. The predicted octanol–water partition coefficient (Wildman–Crippen LogP) is 7.15. The van der Waals surface area contributed by atoms with E-state index in [1.807, 2.05) is 30.3 Å². The van der Waals surface area contributed by atoms with E-state index in [-0.39, 0.29) is 11.7 Å². The Labute approximate surface area is 254 Å². The third-order valence-corrected chi connectivity index (χ3v) is 10.7. The van der Waals surface area contributed by atoms with E-state index in [0.717, 1.165) is 99.7 Å². The third-order valence-electron chi connectivity index (χ3n) is 10.7. The summed E-state index contributed by atoms with van der Waals surface area (Å²) in [5.41, 5.74) is 6.47. The highest BCUT2D eigenvalue weighted by molar-refractivity contribution is 6.00. The van der Waals surface area contributed by atoms with Crippen molar-refractivity contribution in [2.75, 3.05) is 26.2 Å². The first-order valence-corrected chi connectivity index (χ1v) is 16.2. The van der Waals surface area contributed by atoms with Gasteiger partial charge in [-0.2, -0.15) is 5.26 Å². The first kappa shape index (κ1) is 28.3. The molecule has 4 aliphatic rings. The van der Waals surface area contributed by atoms with E-state index in [4.69, 9.17) is 0 Å². The van der Waals surface area contributed by atoms with Crippen molar-refractivity contribution in [3.8, 4) is 6.07 Å². The molecular weight excluding hydrogens is 535 g/mol. The van der Waals surface area contributed by atoms with Crippen LogP contribution in [0.3, 0.4) is 0 Å². The van der Waals surface area contributed by atoms with Gasteiger partial charge in [0.25, 0.3) is 0 Å². The Kier molecular flexibility index (Phi) is 8.03. The fraction of sp³-hybridized carbons (Fsp3) is 0.459. The van der Waals surface area contributed by atoms with Gasteiger partial charge in [0, 0.05) is 41.7 Å². The van der Waals surface area contributed by atoms with Gasteiger partial charge in [-0.25, -0.2) is 4.39 Å². The van der Waals surface area contributed by atoms with Crippen molar-refractivity contribution in [2.24, 2.45) is 23.7 Å². The number of nitrogens with one attached hydrogen (secondary N) is 1. The van der Waals surface area contributed by atoms with Gasteiger partial charge in [-0.1, -0.05) is 35.9 Å². The minimum absolute atomic E-state index is 0.114. The maximum absolute atomic E-state index is 14.1. The van der Waals surface area contributed by atoms with Crippen molar-refractivity contribution < 1.29 is 9.18 Å². The minimum Gasteiger partial charge on any atom is -0.361 e. The van der Waals surface area contributed by atoms with Gasteiger partial charge in [-0.3, -0.25) is 14.6 Å². The second-order valence-corrected chi connectivity index (χ2v) is 13.3. The number of nitriles is 1. The van der Waals surface area contributed by atoms with E-state index in [2.05, 4.69) is 39.2 Å². The summed E-state index contributed by atoms with van der Waals surface area (Å²) in [7, 11) is 0. The molecule has 6 heteroatoms. The lowest BCUT2D eigenvalue weighted by Crippen LogP contribution is -2.34. The van der Waals surface area contributed by atoms with E-state index in [1.54, 1.807) is 17.7 Å². The molecule has 2 saturated heterocycles. The molecule has 1 saturated carbocycles. The fourth-order valence-corrected chi connectivity index (χ4v) is 8.21. The van der Waals surface area contributed by atoms with Crippen molar-refractivity contribution in [3.63, 3.8) is 0 Å². The summed E-state index contributed by atoms with van der Waals surface area (Å²) >= 11 is 0. The van der Waals surface area contributed by atoms with Crippen LogP contribution in [0.4, 0.5) is 4.39 Å². The van der Waals surface area contributed by atoms with E-state index in [9.17, 15) is 14.4 Å². The van der Waals surface area contributed by atoms with Crippen molar-refractivity contribution in [1.82, 2.24) is 14.8 Å². The van der Waals surface area contributed by atoms with Crippen LogP contribution in [0.25, 0.3) is 10.9 Å². The van der Waals surface area contributed by atoms with Gasteiger partial charge in [0.05, 0.1) is 11.6 Å². The van der Waals surface area contributed by atoms with Crippen molar-refractivity contribution in [1.29, 1.82) is 5.26 Å². The molecule has 2 aromatic carbocycles. The zero-order valence-corrected chi connectivity index (χ0v) is 24.9. The summed E-state index contributed by atoms with van der Waals surface area (Å²) in [6.45, 7) is 5.70. The predicted molar refractivity (Wildman–Crippen MR) is 167 cm³/mol. The molecule has 7 rings (SSSR count). The van der Waals surface area contributed by atoms with Crippen molar-refractivity contribution in [2.45, 2.75) is 58.0 Å². The van der Waals surface area contributed by atoms with Crippen molar-refractivity contribution in [3.05, 3.63) is 94.5 Å². The quantitative estimate of drug-likeness (QED) is 0.324. The molecule has 2 aliphatic heterocycles. The number of aromatic amines is 1. The molecule has 1 aromatic heterocycles. The molecule has 0 amide bonds. The number of rotatable bonds is 7. The number of fused-ring (bicyclic) bond motifs is 2. The lowest BCUT2D eigenvalue weighted by atomic mass is 9.79. The molecule has 3 heterocycles. The number of nitrogens with zero attached hydrogens (tertiary/aromatic N) is 3. The summed E-state index contributed by atoms with van der Waals surface area (Å²) in [6.07, 6.45) is 14.2. The summed E-state index contributed by atoms with van der Waals surface area (Å²) in [4.78, 5) is 21.7. The number of carbonyl (C=O) groups excluding carboxylic acids is 1. The van der Waals surface area contributed by atoms with Crippen molar-refractivity contribution >= 4 is 16.7 Å². The van der Waals surface area contributed by atoms with Gasteiger partial charge in [0.2, 0.25) is 0 Å². The lowest BCUT2D eigenvalue weighted by Gasteiger charge is -2.34. The van der Waals surface area contributed by atoms with Gasteiger partial charge < -0.3 is 4.98 Å². The van der Waals surface area contributed by atoms with Crippen LogP contribution >= 0.6 is 0 Å². The second-order valence-electron chi connectivity index (χ2n) is 13.3. The topological polar surface area (TPSA) is 63.1 Å². The Bertz CT molecular complexity index is 1600. The van der Waals surface area contributed by atoms with E-state index in [0.29, 0.717) is 35.6 Å². The summed E-state index contributed by atoms with van der Waals surface area (Å²) in [6, 6.07) is 15.2. The van der Waals surface area contributed by atoms with Gasteiger partial charge in [0.15, 0.2) is 5.78 Å². The third kappa shape index (κ3) is 5.98. The number of hydrogen-bond donors (Lipinski definition) is 1. The highest BCUT2D eigenvalue weighted by atomic mass is 19.1. The second kappa shape index (κ2) is 12.2. The molecule has 3 aromatic rings. The molecule has 43 heavy (non-hydrogen) atoms. The first-order chi connectivity index (χ1) is 21.0. The lowest BCUT2D eigenvalue weighted by molar-refractivity contribution is -0.118. The molecule has 222 valence electrons. The Morgan fingerprint density at radius 2 is 1.65 bits per heavy atom. The average Bonchev–Trinajstić information content (AvgIpc) is 3.58. The standard InChI is InChI=1S/C37H41FN4O/c38-35-4-2-1-3-29(35)23-41-13-9-25(10-14-41)17-31-20-30-19-28(6-7-33(30)37(31)43)27-11-15-42(16-12-27)24-32-22-40-36-8-5-26(21-39)18-34(32)36/h1-8,18,22,25,27,30-31,40H,9-17,19-20,23-24H2. The maximum atomic E-state index is 14.1. The van der Waals surface area contributed by atoms with Crippen LogP contribution in [0.1, 0.15) is 61.6 Å². The number of carbonyl (C=O) groups is 1. The molecule has 0 bridgehead atoms. The Morgan fingerprint density at radius 3 is 2.42 bits per heavy atom. The number of hydrogen-bond acceptors (Lipinski definition) is 4. The van der Waals surface area contributed by atoms with Gasteiger partial charge >= 0.3 is 0 Å². The zero-order valence-electron chi connectivity index (χ0n) is 24.9. The number of allylic oxidation sites excluding steroid dienone is 4. The smallest absolute Gasteiger partial charge is 0.162 e. The molecular formula is C37H41FN4O. The fourth-order valence-electron chi connectivity index (χ4n) is 8.21. The van der Waals surface area contributed by atoms with Gasteiger partial charge in [-0.05, 0) is 124 Å². The van der Waals surface area contributed by atoms with Crippen LogP contribution < -0.4 is 0 Å². The molecule has 2 unspecified atom stereocenters. The number of aromatic nitrogens is 1. The van der Waals surface area contributed by atoms with E-state index in [1.165, 1.54) is 5.56 Å². The number of H-pyrrole nitrogens is 1. The van der Waals surface area contributed by atoms with Crippen LogP contribution in [0, 0.1) is 40.8 Å². The Hall–Kier alpha value is -3.53. The van der Waals surface area contributed by atoms with Crippen LogP contribution in [-0.2, 0) is 17.9 Å². The summed E-state index contributed by atoms with van der Waals surface area (Å²) in [5.74, 6) is 2.06. The first-order valence-electron chi connectivity index (χ1n) is 16.2. The zero-order chi connectivity index (χ0) is 29.3. The molecule has 0 spiro atoms. The highest BCUT2D eigenvalue weighted by Gasteiger charge is 2.40. The number of likely N-dealkylation sites (tertiary alicyclic amines) is 2. The molecule has 5 nitrogen and oxygen atoms in total. The summed E-state index contributed by atoms with van der Waals surface area (Å²) < 4.78 is 14.1. The molecule has 2 atom stereocenters. The van der Waals surface area contributed by atoms with Crippen LogP contribution in [-0.4, -0.2) is 46.7 Å². The molecule has 2 aliphatic carbocycles. The Morgan fingerprint density at radius 1 is 0.907 bits per heavy atom. The average molecular weight is 577 g/mol. The maximum Gasteiger partial charge on any atom is 0.162 e. The van der Waals surface area contributed by atoms with Crippen LogP contribution in [0.2, 0.25) is 0 Å². The van der Waals surface area contributed by atoms with E-state index < -0.39 is 0 Å². The van der Waals surface area contributed by atoms with Crippen LogP contribution in [0.5, 0.6) is 0 Å². The van der Waals surface area contributed by atoms with Gasteiger partial charge in [0.1, 0.15) is 5.82 Å². The summed E-state index contributed by atoms with van der Waals surface area (Å²) in [5, 5.41) is 10.5. The SMILES string of the molecule is N#Cc1ccc2[nH]cc(CN3CCC(C4=CC=C5C(=O)C(CC6CCN(Cc7ccccc7F)CC6)CC5C4)CC3)c2c1. The number of piperidine rings is 2. The molecule has 3 fully saturated rings. The van der Waals surface area contributed by atoms with E-state index >= 15 is 0 Å². The number of Topliss-reactive ketones (excluding diaryl/α,β-unsaturated/α-hetero) is 1. The highest BCUT2D eigenvalue weighted by Crippen LogP contribution is 2.45. The van der Waals surface area contributed by atoms with Crippen LogP contribution in [0.15, 0.2) is 72.0 Å². The number of ketones is 1. The minimum atomic E-state index is -0.114. The largest absolute Gasteiger partial charge is 0.361 e. The van der Waals surface area contributed by atoms with Gasteiger partial charge in [-0.15, -0.1) is 0 Å². The number of benzene rings is 2. The monoisotopic (exact) mass is 576 g/mol.